The van der Waals surface area contributed by atoms with Gasteiger partial charge in [0.05, 0.1) is 12.7 Å². The predicted octanol–water partition coefficient (Wildman–Crippen LogP) is 2.85. The molecule has 5 heteroatoms. The lowest BCUT2D eigenvalue weighted by Gasteiger charge is -2.10. The molecule has 0 fully saturated rings. The Bertz CT molecular complexity index is 393. The molecule has 1 amide bonds. The zero-order valence-electron chi connectivity index (χ0n) is 12.0. The highest BCUT2D eigenvalue weighted by Crippen LogP contribution is 2.13. The van der Waals surface area contributed by atoms with Crippen LogP contribution in [0.2, 0.25) is 0 Å². The maximum Gasteiger partial charge on any atom is 0.251 e. The average molecular weight is 300 g/mol. The second kappa shape index (κ2) is 9.61. The number of amides is 1. The third kappa shape index (κ3) is 6.78. The Morgan fingerprint density at radius 3 is 2.55 bits per heavy atom. The van der Waals surface area contributed by atoms with Crippen LogP contribution in [0.3, 0.4) is 0 Å². The van der Waals surface area contributed by atoms with Gasteiger partial charge < -0.3 is 14.8 Å². The molecule has 0 heterocycles. The summed E-state index contributed by atoms with van der Waals surface area (Å²) in [5, 5.41) is 2.84. The van der Waals surface area contributed by atoms with Crippen LogP contribution in [0.5, 0.6) is 5.75 Å². The number of hydrogen-bond donors (Lipinski definition) is 1. The summed E-state index contributed by atoms with van der Waals surface area (Å²) in [5.41, 5.74) is 0.628. The minimum Gasteiger partial charge on any atom is -0.491 e. The SMILES string of the molecule is CC(C)Oc1ccc(C(=O)NCCCOCCCl)cc1. The molecule has 0 aliphatic heterocycles. The lowest BCUT2D eigenvalue weighted by atomic mass is 10.2. The summed E-state index contributed by atoms with van der Waals surface area (Å²) in [6.45, 7) is 5.67. The number of hydrogen-bond acceptors (Lipinski definition) is 3. The van der Waals surface area contributed by atoms with E-state index in [-0.39, 0.29) is 12.0 Å². The first-order valence-corrected chi connectivity index (χ1v) is 7.35. The van der Waals surface area contributed by atoms with Gasteiger partial charge in [-0.25, -0.2) is 0 Å². The first kappa shape index (κ1) is 16.8. The van der Waals surface area contributed by atoms with Gasteiger partial charge in [0, 0.05) is 24.6 Å². The van der Waals surface area contributed by atoms with Crippen molar-refractivity contribution in [3.63, 3.8) is 0 Å². The van der Waals surface area contributed by atoms with Gasteiger partial charge in [0.25, 0.3) is 5.91 Å². The van der Waals surface area contributed by atoms with Crippen molar-refractivity contribution in [1.82, 2.24) is 5.32 Å². The van der Waals surface area contributed by atoms with Crippen LogP contribution >= 0.6 is 11.6 Å². The molecule has 1 aromatic carbocycles. The maximum atomic E-state index is 11.9. The number of carbonyl (C=O) groups is 1. The van der Waals surface area contributed by atoms with Gasteiger partial charge in [0.1, 0.15) is 5.75 Å². The van der Waals surface area contributed by atoms with Gasteiger partial charge in [-0.3, -0.25) is 4.79 Å². The lowest BCUT2D eigenvalue weighted by molar-refractivity contribution is 0.0944. The van der Waals surface area contributed by atoms with E-state index in [0.29, 0.717) is 31.2 Å². The number of nitrogens with one attached hydrogen (secondary N) is 1. The molecule has 0 saturated heterocycles. The molecule has 1 aromatic rings. The van der Waals surface area contributed by atoms with Crippen LogP contribution in [0.4, 0.5) is 0 Å². The van der Waals surface area contributed by atoms with Crippen LogP contribution in [-0.4, -0.2) is 37.6 Å². The molecule has 1 N–H and O–H groups in total. The van der Waals surface area contributed by atoms with E-state index in [0.717, 1.165) is 12.2 Å². The quantitative estimate of drug-likeness (QED) is 0.563. The van der Waals surface area contributed by atoms with Crippen LogP contribution in [0, 0.1) is 0 Å². The molecule has 112 valence electrons. The summed E-state index contributed by atoms with van der Waals surface area (Å²) >= 11 is 5.48. The van der Waals surface area contributed by atoms with Crippen LogP contribution in [0.25, 0.3) is 0 Å². The first-order valence-electron chi connectivity index (χ1n) is 6.82. The van der Waals surface area contributed by atoms with Gasteiger partial charge in [-0.15, -0.1) is 11.6 Å². The number of alkyl halides is 1. The highest BCUT2D eigenvalue weighted by Gasteiger charge is 2.05. The van der Waals surface area contributed by atoms with E-state index in [2.05, 4.69) is 5.32 Å². The molecule has 20 heavy (non-hydrogen) atoms. The Balaban J connectivity index is 2.29. The Morgan fingerprint density at radius 1 is 1.25 bits per heavy atom. The largest absolute Gasteiger partial charge is 0.491 e. The number of halogens is 1. The van der Waals surface area contributed by atoms with E-state index in [1.54, 1.807) is 24.3 Å². The standard InChI is InChI=1S/C15H22ClNO3/c1-12(2)20-14-6-4-13(5-7-14)15(18)17-9-3-10-19-11-8-16/h4-7,12H,3,8-11H2,1-2H3,(H,17,18). The first-order chi connectivity index (χ1) is 9.63. The Kier molecular flexibility index (Phi) is 8.07. The van der Waals surface area contributed by atoms with E-state index >= 15 is 0 Å². The topological polar surface area (TPSA) is 47.6 Å². The highest BCUT2D eigenvalue weighted by molar-refractivity contribution is 6.17. The maximum absolute atomic E-state index is 11.9. The van der Waals surface area contributed by atoms with Crippen molar-refractivity contribution >= 4 is 17.5 Å². The summed E-state index contributed by atoms with van der Waals surface area (Å²) in [6.07, 6.45) is 0.902. The third-order valence-electron chi connectivity index (χ3n) is 2.46. The molecule has 4 nitrogen and oxygen atoms in total. The second-order valence-electron chi connectivity index (χ2n) is 4.60. The Morgan fingerprint density at radius 2 is 1.95 bits per heavy atom. The van der Waals surface area contributed by atoms with Crippen LogP contribution in [0.15, 0.2) is 24.3 Å². The molecule has 0 aromatic heterocycles. The molecule has 1 rings (SSSR count). The van der Waals surface area contributed by atoms with E-state index in [1.807, 2.05) is 13.8 Å². The number of rotatable bonds is 9. The van der Waals surface area contributed by atoms with Crippen molar-refractivity contribution in [2.24, 2.45) is 0 Å². The van der Waals surface area contributed by atoms with Crippen LogP contribution in [-0.2, 0) is 4.74 Å². The van der Waals surface area contributed by atoms with Gasteiger partial charge in [-0.05, 0) is 44.5 Å². The zero-order chi connectivity index (χ0) is 14.8. The number of benzene rings is 1. The van der Waals surface area contributed by atoms with Crippen molar-refractivity contribution in [1.29, 1.82) is 0 Å². The van der Waals surface area contributed by atoms with Crippen molar-refractivity contribution in [2.45, 2.75) is 26.4 Å². The predicted molar refractivity (Wildman–Crippen MR) is 80.7 cm³/mol. The van der Waals surface area contributed by atoms with Crippen molar-refractivity contribution < 1.29 is 14.3 Å². The minimum absolute atomic E-state index is 0.0848. The van der Waals surface area contributed by atoms with Crippen molar-refractivity contribution in [2.75, 3.05) is 25.6 Å². The molecular weight excluding hydrogens is 278 g/mol. The summed E-state index contributed by atoms with van der Waals surface area (Å²) < 4.78 is 10.7. The molecule has 0 spiro atoms. The van der Waals surface area contributed by atoms with Gasteiger partial charge in [0.15, 0.2) is 0 Å². The zero-order valence-corrected chi connectivity index (χ0v) is 12.8. The Labute approximate surface area is 125 Å². The molecular formula is C15H22ClNO3. The number of carbonyl (C=O) groups excluding carboxylic acids is 1. The minimum atomic E-state index is -0.0848. The van der Waals surface area contributed by atoms with E-state index < -0.39 is 0 Å². The Hall–Kier alpha value is -1.26. The van der Waals surface area contributed by atoms with Gasteiger partial charge in [0.2, 0.25) is 0 Å². The van der Waals surface area contributed by atoms with Gasteiger partial charge in [-0.1, -0.05) is 0 Å². The molecule has 0 saturated carbocycles. The molecule has 0 unspecified atom stereocenters. The average Bonchev–Trinajstić information content (AvgIpc) is 2.42. The molecule has 0 aliphatic rings. The summed E-state index contributed by atoms with van der Waals surface area (Å²) in [4.78, 5) is 11.9. The monoisotopic (exact) mass is 299 g/mol. The molecule has 0 radical (unpaired) electrons. The summed E-state index contributed by atoms with van der Waals surface area (Å²) in [6, 6.07) is 7.13. The van der Waals surface area contributed by atoms with Crippen LogP contribution in [0.1, 0.15) is 30.6 Å². The van der Waals surface area contributed by atoms with Crippen molar-refractivity contribution in [3.05, 3.63) is 29.8 Å². The van der Waals surface area contributed by atoms with Gasteiger partial charge in [-0.2, -0.15) is 0 Å². The van der Waals surface area contributed by atoms with E-state index in [1.165, 1.54) is 0 Å². The normalized spacial score (nSPS) is 10.6. The molecule has 0 atom stereocenters. The van der Waals surface area contributed by atoms with Crippen LogP contribution < -0.4 is 10.1 Å². The van der Waals surface area contributed by atoms with E-state index in [9.17, 15) is 4.79 Å². The third-order valence-corrected chi connectivity index (χ3v) is 2.62. The lowest BCUT2D eigenvalue weighted by Crippen LogP contribution is -2.25. The van der Waals surface area contributed by atoms with E-state index in [4.69, 9.17) is 21.1 Å². The molecule has 0 aliphatic carbocycles. The highest BCUT2D eigenvalue weighted by atomic mass is 35.5. The number of ether oxygens (including phenoxy) is 2. The smallest absolute Gasteiger partial charge is 0.251 e. The molecule has 0 bridgehead atoms. The fourth-order valence-electron chi connectivity index (χ4n) is 1.59. The fourth-order valence-corrected chi connectivity index (χ4v) is 1.70. The summed E-state index contributed by atoms with van der Waals surface area (Å²) in [5.74, 6) is 1.18. The second-order valence-corrected chi connectivity index (χ2v) is 4.98. The summed E-state index contributed by atoms with van der Waals surface area (Å²) in [7, 11) is 0. The van der Waals surface area contributed by atoms with Crippen molar-refractivity contribution in [3.8, 4) is 5.75 Å². The van der Waals surface area contributed by atoms with Gasteiger partial charge >= 0.3 is 0 Å². The fraction of sp³-hybridized carbons (Fsp3) is 0.533.